The molecule has 7 nitrogen and oxygen atoms in total. The summed E-state index contributed by atoms with van der Waals surface area (Å²) in [5.74, 6) is 0.754. The molecule has 2 aromatic carbocycles. The molecule has 0 aromatic heterocycles. The van der Waals surface area contributed by atoms with E-state index in [1.807, 2.05) is 38.1 Å². The van der Waals surface area contributed by atoms with Gasteiger partial charge in [-0.15, -0.1) is 0 Å². The molecule has 0 aliphatic carbocycles. The van der Waals surface area contributed by atoms with E-state index >= 15 is 0 Å². The van der Waals surface area contributed by atoms with Gasteiger partial charge >= 0.3 is 0 Å². The minimum Gasteiger partial charge on any atom is -0.487 e. The molecule has 2 atom stereocenters. The summed E-state index contributed by atoms with van der Waals surface area (Å²) in [7, 11) is -3.55. The molecule has 0 fully saturated rings. The summed E-state index contributed by atoms with van der Waals surface area (Å²) in [4.78, 5) is 13.1. The van der Waals surface area contributed by atoms with E-state index in [1.54, 1.807) is 24.3 Å². The van der Waals surface area contributed by atoms with E-state index in [0.717, 1.165) is 17.6 Å². The van der Waals surface area contributed by atoms with Crippen LogP contribution in [0.25, 0.3) is 0 Å². The summed E-state index contributed by atoms with van der Waals surface area (Å²) < 4.78 is 37.6. The van der Waals surface area contributed by atoms with E-state index in [-0.39, 0.29) is 18.5 Å². The molecular weight excluding hydrogens is 392 g/mol. The van der Waals surface area contributed by atoms with Crippen molar-refractivity contribution in [1.82, 2.24) is 5.32 Å². The maximum Gasteiger partial charge on any atom is 0.263 e. The topological polar surface area (TPSA) is 84.9 Å². The number of amides is 1. The maximum absolute atomic E-state index is 13.1. The summed E-state index contributed by atoms with van der Waals surface area (Å²) in [6, 6.07) is 14.2. The van der Waals surface area contributed by atoms with Gasteiger partial charge in [-0.25, -0.2) is 8.42 Å². The van der Waals surface area contributed by atoms with Gasteiger partial charge in [-0.1, -0.05) is 30.3 Å². The summed E-state index contributed by atoms with van der Waals surface area (Å²) in [6.45, 7) is 3.87. The van der Waals surface area contributed by atoms with Gasteiger partial charge in [0.15, 0.2) is 6.10 Å². The average molecular weight is 416 g/mol. The highest BCUT2D eigenvalue weighted by atomic mass is 32.2. The number of carbonyl (C=O) groups is 1. The highest BCUT2D eigenvalue weighted by Gasteiger charge is 2.38. The quantitative estimate of drug-likeness (QED) is 0.832. The molecule has 2 aromatic rings. The van der Waals surface area contributed by atoms with Crippen LogP contribution in [-0.2, 0) is 14.8 Å². The number of benzene rings is 2. The number of para-hydroxylation sites is 3. The van der Waals surface area contributed by atoms with Crippen LogP contribution in [-0.4, -0.2) is 38.8 Å². The second kappa shape index (κ2) is 6.95. The van der Waals surface area contributed by atoms with Gasteiger partial charge in [0.1, 0.15) is 17.1 Å². The molecule has 8 heteroatoms. The number of hydrogen-bond donors (Lipinski definition) is 1. The zero-order valence-corrected chi connectivity index (χ0v) is 17.4. The number of anilines is 1. The Morgan fingerprint density at radius 3 is 2.48 bits per heavy atom. The van der Waals surface area contributed by atoms with Crippen LogP contribution in [0.4, 0.5) is 5.69 Å². The Hall–Kier alpha value is -2.74. The highest BCUT2D eigenvalue weighted by molar-refractivity contribution is 7.92. The Balaban J connectivity index is 1.60. The summed E-state index contributed by atoms with van der Waals surface area (Å²) in [5, 5.41) is 3.04. The minimum atomic E-state index is -3.55. The van der Waals surface area contributed by atoms with Crippen molar-refractivity contribution in [2.45, 2.75) is 38.0 Å². The SMILES string of the molecule is CC1(C)C[C@@H](NC(=O)[C@@H]2CN(S(C)(=O)=O)c3ccccc3O2)c2ccccc2O1. The van der Waals surface area contributed by atoms with Gasteiger partial charge in [0.25, 0.3) is 5.91 Å². The zero-order chi connectivity index (χ0) is 20.8. The van der Waals surface area contributed by atoms with E-state index < -0.39 is 21.7 Å². The lowest BCUT2D eigenvalue weighted by Gasteiger charge is -2.39. The molecule has 2 aliphatic rings. The summed E-state index contributed by atoms with van der Waals surface area (Å²) >= 11 is 0. The van der Waals surface area contributed by atoms with Crippen LogP contribution >= 0.6 is 0 Å². The third-order valence-electron chi connectivity index (χ3n) is 5.12. The fraction of sp³-hybridized carbons (Fsp3) is 0.381. The number of nitrogens with one attached hydrogen (secondary N) is 1. The molecule has 1 N–H and O–H groups in total. The van der Waals surface area contributed by atoms with E-state index in [9.17, 15) is 13.2 Å². The number of carbonyl (C=O) groups excluding carboxylic acids is 1. The van der Waals surface area contributed by atoms with Crippen molar-refractivity contribution in [1.29, 1.82) is 0 Å². The van der Waals surface area contributed by atoms with E-state index in [1.165, 1.54) is 4.31 Å². The molecule has 0 bridgehead atoms. The summed E-state index contributed by atoms with van der Waals surface area (Å²) in [5.41, 5.74) is 0.901. The van der Waals surface area contributed by atoms with Crippen LogP contribution < -0.4 is 19.1 Å². The Labute approximate surface area is 170 Å². The second-order valence-corrected chi connectivity index (χ2v) is 9.94. The predicted octanol–water partition coefficient (Wildman–Crippen LogP) is 2.63. The molecule has 0 spiro atoms. The summed E-state index contributed by atoms with van der Waals surface area (Å²) in [6.07, 6.45) is 0.772. The first-order chi connectivity index (χ1) is 13.6. The fourth-order valence-corrected chi connectivity index (χ4v) is 4.76. The second-order valence-electron chi connectivity index (χ2n) is 8.03. The Kier molecular flexibility index (Phi) is 4.69. The third-order valence-corrected chi connectivity index (χ3v) is 6.27. The number of sulfonamides is 1. The average Bonchev–Trinajstić information content (AvgIpc) is 2.65. The number of hydrogen-bond acceptors (Lipinski definition) is 5. The van der Waals surface area contributed by atoms with Gasteiger partial charge in [-0.05, 0) is 32.0 Å². The van der Waals surface area contributed by atoms with Crippen LogP contribution in [0.1, 0.15) is 31.9 Å². The largest absolute Gasteiger partial charge is 0.487 e. The van der Waals surface area contributed by atoms with Crippen molar-refractivity contribution in [3.05, 3.63) is 54.1 Å². The van der Waals surface area contributed by atoms with Crippen LogP contribution in [0, 0.1) is 0 Å². The molecule has 29 heavy (non-hydrogen) atoms. The number of rotatable bonds is 3. The molecular formula is C21H24N2O5S. The van der Waals surface area contributed by atoms with E-state index in [2.05, 4.69) is 5.32 Å². The Bertz CT molecular complexity index is 1050. The van der Waals surface area contributed by atoms with Crippen molar-refractivity contribution in [2.75, 3.05) is 17.1 Å². The van der Waals surface area contributed by atoms with Gasteiger partial charge in [0.05, 0.1) is 24.5 Å². The van der Waals surface area contributed by atoms with Crippen molar-refractivity contribution in [2.24, 2.45) is 0 Å². The normalized spacial score (nSPS) is 22.5. The van der Waals surface area contributed by atoms with E-state index in [4.69, 9.17) is 9.47 Å². The van der Waals surface area contributed by atoms with Gasteiger partial charge in [0, 0.05) is 12.0 Å². The first kappa shape index (κ1) is 19.6. The molecule has 0 unspecified atom stereocenters. The van der Waals surface area contributed by atoms with Crippen molar-refractivity contribution in [3.63, 3.8) is 0 Å². The van der Waals surface area contributed by atoms with Gasteiger partial charge in [0.2, 0.25) is 10.0 Å². The Morgan fingerprint density at radius 2 is 1.76 bits per heavy atom. The lowest BCUT2D eigenvalue weighted by Crippen LogP contribution is -2.52. The standard InChI is InChI=1S/C21H24N2O5S/c1-21(2)12-15(14-8-4-6-10-17(14)28-21)22-20(24)19-13-23(29(3,25)26)16-9-5-7-11-18(16)27-19/h4-11,15,19H,12-13H2,1-3H3,(H,22,24)/t15-,19+/m1/s1. The number of ether oxygens (including phenoxy) is 2. The fourth-order valence-electron chi connectivity index (χ4n) is 3.85. The van der Waals surface area contributed by atoms with Crippen molar-refractivity contribution < 1.29 is 22.7 Å². The molecule has 2 aliphatic heterocycles. The molecule has 0 saturated carbocycles. The van der Waals surface area contributed by atoms with Crippen molar-refractivity contribution in [3.8, 4) is 11.5 Å². The van der Waals surface area contributed by atoms with E-state index in [0.29, 0.717) is 17.9 Å². The van der Waals surface area contributed by atoms with Crippen LogP contribution in [0.15, 0.2) is 48.5 Å². The third kappa shape index (κ3) is 3.89. The van der Waals surface area contributed by atoms with Gasteiger partial charge in [-0.3, -0.25) is 9.10 Å². The van der Waals surface area contributed by atoms with Crippen LogP contribution in [0.3, 0.4) is 0 Å². The number of nitrogens with zero attached hydrogens (tertiary/aromatic N) is 1. The lowest BCUT2D eigenvalue weighted by molar-refractivity contribution is -0.129. The molecule has 4 rings (SSSR count). The minimum absolute atomic E-state index is 0.0735. The smallest absolute Gasteiger partial charge is 0.263 e. The van der Waals surface area contributed by atoms with Crippen LogP contribution in [0.5, 0.6) is 11.5 Å². The first-order valence-electron chi connectivity index (χ1n) is 9.46. The molecule has 2 heterocycles. The maximum atomic E-state index is 13.1. The van der Waals surface area contributed by atoms with Gasteiger partial charge < -0.3 is 14.8 Å². The molecule has 0 radical (unpaired) electrons. The van der Waals surface area contributed by atoms with Crippen molar-refractivity contribution >= 4 is 21.6 Å². The molecule has 154 valence electrons. The monoisotopic (exact) mass is 416 g/mol. The molecule has 1 amide bonds. The number of fused-ring (bicyclic) bond motifs is 2. The van der Waals surface area contributed by atoms with Gasteiger partial charge in [-0.2, -0.15) is 0 Å². The predicted molar refractivity (Wildman–Crippen MR) is 110 cm³/mol. The lowest BCUT2D eigenvalue weighted by atomic mass is 9.89. The highest BCUT2D eigenvalue weighted by Crippen LogP contribution is 2.40. The van der Waals surface area contributed by atoms with Crippen LogP contribution in [0.2, 0.25) is 0 Å². The first-order valence-corrected chi connectivity index (χ1v) is 11.3. The molecule has 0 saturated heterocycles. The Morgan fingerprint density at radius 1 is 1.10 bits per heavy atom. The zero-order valence-electron chi connectivity index (χ0n) is 16.6.